The Hall–Kier alpha value is -3.85. The van der Waals surface area contributed by atoms with Crippen molar-refractivity contribution in [1.29, 1.82) is 5.26 Å². The van der Waals surface area contributed by atoms with E-state index >= 15 is 0 Å². The molecular weight excluding hydrogens is 380 g/mol. The number of Topliss-reactive ketones (excluding diaryl/α,β-unsaturated/α-hetero) is 1. The number of para-hydroxylation sites is 1. The van der Waals surface area contributed by atoms with E-state index in [9.17, 15) is 14.9 Å². The highest BCUT2D eigenvalue weighted by Crippen LogP contribution is 2.48. The van der Waals surface area contributed by atoms with Gasteiger partial charge in [0.15, 0.2) is 5.78 Å². The molecule has 3 aromatic rings. The molecule has 30 heavy (non-hydrogen) atoms. The van der Waals surface area contributed by atoms with Crippen molar-refractivity contribution in [1.82, 2.24) is 4.57 Å². The molecule has 6 heteroatoms. The highest BCUT2D eigenvalue weighted by atomic mass is 16.5. The first-order valence-corrected chi connectivity index (χ1v) is 9.67. The number of ether oxygens (including phenoxy) is 2. The van der Waals surface area contributed by atoms with Crippen molar-refractivity contribution in [3.8, 4) is 11.9 Å². The van der Waals surface area contributed by atoms with Crippen LogP contribution in [-0.4, -0.2) is 22.9 Å². The summed E-state index contributed by atoms with van der Waals surface area (Å²) < 4.78 is 13.1. The number of nitrogens with zero attached hydrogens (tertiary/aromatic N) is 2. The number of benzene rings is 2. The summed E-state index contributed by atoms with van der Waals surface area (Å²) in [5.74, 6) is -0.837. The Bertz CT molecular complexity index is 1220. The molecule has 150 valence electrons. The van der Waals surface area contributed by atoms with E-state index in [1.165, 1.54) is 13.2 Å². The van der Waals surface area contributed by atoms with Crippen LogP contribution >= 0.6 is 0 Å². The van der Waals surface area contributed by atoms with Crippen molar-refractivity contribution >= 4 is 22.7 Å². The first-order valence-electron chi connectivity index (χ1n) is 9.67. The van der Waals surface area contributed by atoms with Crippen molar-refractivity contribution in [2.75, 3.05) is 6.61 Å². The molecule has 0 fully saturated rings. The lowest BCUT2D eigenvalue weighted by Crippen LogP contribution is -2.42. The van der Waals surface area contributed by atoms with Crippen LogP contribution in [0.2, 0.25) is 0 Å². The Labute approximate surface area is 173 Å². The lowest BCUT2D eigenvalue weighted by Gasteiger charge is -2.30. The third-order valence-corrected chi connectivity index (χ3v) is 5.30. The molecule has 0 bridgehead atoms. The molecule has 1 aromatic heterocycles. The SMILES string of the molecule is CCOC(=O)C1(C#N)C(C(C)=O)=COc2c1c1ccccc1n2Cc1ccccc1. The maximum absolute atomic E-state index is 13.1. The Morgan fingerprint density at radius 1 is 1.13 bits per heavy atom. The van der Waals surface area contributed by atoms with Crippen LogP contribution in [0.1, 0.15) is 25.0 Å². The number of esters is 1. The standard InChI is InChI=1S/C24H20N2O4/c1-3-29-23(28)24(15-25)19(16(2)27)14-30-22-21(24)18-11-7-8-12-20(18)26(22)13-17-9-5-4-6-10-17/h4-12,14H,3,13H2,1-2H3. The van der Waals surface area contributed by atoms with E-state index in [0.29, 0.717) is 23.4 Å². The Morgan fingerprint density at radius 3 is 2.50 bits per heavy atom. The van der Waals surface area contributed by atoms with Gasteiger partial charge in [0.1, 0.15) is 6.26 Å². The van der Waals surface area contributed by atoms with Crippen molar-refractivity contribution in [2.24, 2.45) is 0 Å². The van der Waals surface area contributed by atoms with Crippen LogP contribution in [0.5, 0.6) is 5.88 Å². The molecule has 0 amide bonds. The maximum atomic E-state index is 13.1. The molecule has 0 saturated heterocycles. The number of nitriles is 1. The second-order valence-electron chi connectivity index (χ2n) is 7.06. The second-order valence-corrected chi connectivity index (χ2v) is 7.06. The molecule has 0 spiro atoms. The molecule has 1 unspecified atom stereocenters. The third kappa shape index (κ3) is 2.79. The Balaban J connectivity index is 2.04. The zero-order valence-corrected chi connectivity index (χ0v) is 16.7. The van der Waals surface area contributed by atoms with Crippen LogP contribution in [0.3, 0.4) is 0 Å². The topological polar surface area (TPSA) is 81.3 Å². The smallest absolute Gasteiger partial charge is 0.336 e. The first kappa shape index (κ1) is 19.5. The van der Waals surface area contributed by atoms with E-state index in [1.54, 1.807) is 6.92 Å². The van der Waals surface area contributed by atoms with Gasteiger partial charge in [-0.25, -0.2) is 4.79 Å². The molecule has 0 N–H and O–H groups in total. The minimum absolute atomic E-state index is 0.0291. The fraction of sp³-hybridized carbons (Fsp3) is 0.208. The third-order valence-electron chi connectivity index (χ3n) is 5.30. The Kier molecular flexibility index (Phi) is 4.88. The van der Waals surface area contributed by atoms with Crippen LogP contribution in [-0.2, 0) is 26.3 Å². The van der Waals surface area contributed by atoms with Gasteiger partial charge in [-0.1, -0.05) is 48.5 Å². The van der Waals surface area contributed by atoms with Crippen LogP contribution in [0.4, 0.5) is 0 Å². The lowest BCUT2D eigenvalue weighted by atomic mass is 9.73. The zero-order valence-electron chi connectivity index (χ0n) is 16.7. The zero-order chi connectivity index (χ0) is 21.3. The predicted molar refractivity (Wildman–Crippen MR) is 111 cm³/mol. The molecule has 0 radical (unpaired) electrons. The molecule has 0 saturated carbocycles. The van der Waals surface area contributed by atoms with Gasteiger partial charge in [0.2, 0.25) is 11.3 Å². The average Bonchev–Trinajstić information content (AvgIpc) is 3.08. The van der Waals surface area contributed by atoms with Gasteiger partial charge in [-0.15, -0.1) is 0 Å². The molecule has 1 atom stereocenters. The van der Waals surface area contributed by atoms with Gasteiger partial charge < -0.3 is 14.0 Å². The molecule has 1 aliphatic rings. The highest BCUT2D eigenvalue weighted by Gasteiger charge is 2.54. The van der Waals surface area contributed by atoms with Crippen LogP contribution < -0.4 is 4.74 Å². The minimum Gasteiger partial charge on any atom is -0.464 e. The number of rotatable bonds is 5. The van der Waals surface area contributed by atoms with Crippen molar-refractivity contribution in [2.45, 2.75) is 25.8 Å². The summed E-state index contributed by atoms with van der Waals surface area (Å²) in [7, 11) is 0. The highest BCUT2D eigenvalue weighted by molar-refractivity contribution is 6.10. The minimum atomic E-state index is -1.89. The van der Waals surface area contributed by atoms with Gasteiger partial charge >= 0.3 is 5.97 Å². The van der Waals surface area contributed by atoms with E-state index in [0.717, 1.165) is 11.1 Å². The molecule has 2 aromatic carbocycles. The number of hydrogen-bond donors (Lipinski definition) is 0. The summed E-state index contributed by atoms with van der Waals surface area (Å²) in [6.45, 7) is 3.55. The number of carbonyl (C=O) groups is 2. The van der Waals surface area contributed by atoms with Gasteiger partial charge in [0.25, 0.3) is 0 Å². The van der Waals surface area contributed by atoms with Gasteiger partial charge in [0, 0.05) is 5.39 Å². The first-order chi connectivity index (χ1) is 14.5. The summed E-state index contributed by atoms with van der Waals surface area (Å²) in [6.07, 6.45) is 1.21. The van der Waals surface area contributed by atoms with Gasteiger partial charge in [-0.3, -0.25) is 4.79 Å². The largest absolute Gasteiger partial charge is 0.464 e. The van der Waals surface area contributed by atoms with E-state index in [2.05, 4.69) is 6.07 Å². The van der Waals surface area contributed by atoms with E-state index in [-0.39, 0.29) is 12.2 Å². The fourth-order valence-electron chi connectivity index (χ4n) is 3.99. The van der Waals surface area contributed by atoms with Crippen LogP contribution in [0.15, 0.2) is 66.4 Å². The fourth-order valence-corrected chi connectivity index (χ4v) is 3.99. The summed E-state index contributed by atoms with van der Waals surface area (Å²) in [6, 6.07) is 19.3. The molecule has 1 aliphatic heterocycles. The quantitative estimate of drug-likeness (QED) is 0.607. The summed E-state index contributed by atoms with van der Waals surface area (Å²) >= 11 is 0. The summed E-state index contributed by atoms with van der Waals surface area (Å²) in [5, 5.41) is 10.9. The van der Waals surface area contributed by atoms with E-state index in [4.69, 9.17) is 9.47 Å². The number of fused-ring (bicyclic) bond motifs is 3. The molecular formula is C24H20N2O4. The molecule has 4 rings (SSSR count). The molecule has 6 nitrogen and oxygen atoms in total. The van der Waals surface area contributed by atoms with Crippen LogP contribution in [0, 0.1) is 11.3 Å². The van der Waals surface area contributed by atoms with Gasteiger partial charge in [-0.05, 0) is 25.5 Å². The normalized spacial score (nSPS) is 17.4. The van der Waals surface area contributed by atoms with Gasteiger partial charge in [0.05, 0.1) is 35.9 Å². The summed E-state index contributed by atoms with van der Waals surface area (Å²) in [4.78, 5) is 25.5. The molecule has 0 aliphatic carbocycles. The second kappa shape index (κ2) is 7.53. The number of hydrogen-bond acceptors (Lipinski definition) is 5. The van der Waals surface area contributed by atoms with Crippen molar-refractivity contribution in [3.63, 3.8) is 0 Å². The lowest BCUT2D eigenvalue weighted by molar-refractivity contribution is -0.147. The van der Waals surface area contributed by atoms with Gasteiger partial charge in [-0.2, -0.15) is 5.26 Å². The van der Waals surface area contributed by atoms with Crippen molar-refractivity contribution < 1.29 is 19.1 Å². The number of ketones is 1. The van der Waals surface area contributed by atoms with Crippen LogP contribution in [0.25, 0.3) is 10.9 Å². The monoisotopic (exact) mass is 400 g/mol. The number of aromatic nitrogens is 1. The Morgan fingerprint density at radius 2 is 1.83 bits per heavy atom. The predicted octanol–water partition coefficient (Wildman–Crippen LogP) is 3.88. The summed E-state index contributed by atoms with van der Waals surface area (Å²) in [5.41, 5.74) is 0.260. The average molecular weight is 400 g/mol. The molecule has 2 heterocycles. The van der Waals surface area contributed by atoms with Crippen molar-refractivity contribution in [3.05, 3.63) is 77.6 Å². The maximum Gasteiger partial charge on any atom is 0.336 e. The van der Waals surface area contributed by atoms with E-state index < -0.39 is 17.2 Å². The van der Waals surface area contributed by atoms with E-state index in [1.807, 2.05) is 59.2 Å². The number of carbonyl (C=O) groups excluding carboxylic acids is 2.